The fraction of sp³-hybridized carbons (Fsp3) is 0.467. The molecule has 0 radical (unpaired) electrons. The molecule has 0 bridgehead atoms. The highest BCUT2D eigenvalue weighted by Crippen LogP contribution is 2.32. The van der Waals surface area contributed by atoms with E-state index in [9.17, 15) is 17.2 Å². The summed E-state index contributed by atoms with van der Waals surface area (Å²) in [7, 11) is -3.39. The van der Waals surface area contributed by atoms with E-state index in [2.05, 4.69) is 14.7 Å². The van der Waals surface area contributed by atoms with Crippen LogP contribution in [0.25, 0.3) is 11.4 Å². The highest BCUT2D eigenvalue weighted by Gasteiger charge is 2.33. The Kier molecular flexibility index (Phi) is 4.28. The smallest absolute Gasteiger partial charge is 0.322 e. The first-order valence-corrected chi connectivity index (χ1v) is 9.35. The van der Waals surface area contributed by atoms with Gasteiger partial charge in [0.05, 0.1) is 12.3 Å². The van der Waals surface area contributed by atoms with E-state index < -0.39 is 21.8 Å². The number of rotatable bonds is 3. The first-order chi connectivity index (χ1) is 11.6. The second-order valence-electron chi connectivity index (χ2n) is 6.10. The van der Waals surface area contributed by atoms with Crippen molar-refractivity contribution < 1.29 is 26.5 Å². The number of aromatic nitrogens is 2. The predicted molar refractivity (Wildman–Crippen MR) is 84.6 cm³/mol. The van der Waals surface area contributed by atoms with E-state index in [1.54, 1.807) is 25.1 Å². The van der Waals surface area contributed by atoms with Gasteiger partial charge in [-0.1, -0.05) is 17.3 Å². The fourth-order valence-corrected chi connectivity index (χ4v) is 3.63. The molecule has 3 rings (SSSR count). The number of fused-ring (bicyclic) bond motifs is 1. The Balaban J connectivity index is 1.95. The minimum Gasteiger partial charge on any atom is -0.492 e. The quantitative estimate of drug-likeness (QED) is 0.821. The number of halogens is 2. The number of sulfonamides is 1. The Hall–Kier alpha value is -2.07. The molecule has 0 aliphatic carbocycles. The van der Waals surface area contributed by atoms with Crippen LogP contribution in [-0.2, 0) is 22.5 Å². The summed E-state index contributed by atoms with van der Waals surface area (Å²) in [5.41, 5.74) is 1.11. The van der Waals surface area contributed by atoms with Crippen LogP contribution in [0.3, 0.4) is 0 Å². The molecule has 25 heavy (non-hydrogen) atoms. The van der Waals surface area contributed by atoms with Crippen molar-refractivity contribution in [3.8, 4) is 17.1 Å². The van der Waals surface area contributed by atoms with Gasteiger partial charge in [-0.05, 0) is 13.0 Å². The minimum atomic E-state index is -3.39. The van der Waals surface area contributed by atoms with Crippen molar-refractivity contribution in [1.29, 1.82) is 0 Å². The van der Waals surface area contributed by atoms with E-state index in [1.165, 1.54) is 4.31 Å². The minimum absolute atomic E-state index is 0.0141. The molecule has 1 aromatic carbocycles. The second-order valence-corrected chi connectivity index (χ2v) is 8.04. The van der Waals surface area contributed by atoms with E-state index in [0.717, 1.165) is 6.26 Å². The molecule has 0 N–H and O–H groups in total. The SMILES string of the molecule is C[C@H]1COc2cc(-c3noc(C(C)(F)F)n3)ccc2CN1S(C)(=O)=O. The van der Waals surface area contributed by atoms with Crippen LogP contribution < -0.4 is 4.74 Å². The molecule has 10 heteroatoms. The van der Waals surface area contributed by atoms with Crippen LogP contribution in [0.4, 0.5) is 8.78 Å². The summed E-state index contributed by atoms with van der Waals surface area (Å²) in [5, 5.41) is 3.57. The van der Waals surface area contributed by atoms with Gasteiger partial charge in [-0.2, -0.15) is 18.1 Å². The lowest BCUT2D eigenvalue weighted by Gasteiger charge is -2.23. The average Bonchev–Trinajstić information content (AvgIpc) is 2.93. The van der Waals surface area contributed by atoms with Crippen LogP contribution in [0.15, 0.2) is 22.7 Å². The van der Waals surface area contributed by atoms with Gasteiger partial charge in [-0.15, -0.1) is 0 Å². The molecule has 7 nitrogen and oxygen atoms in total. The van der Waals surface area contributed by atoms with E-state index in [0.29, 0.717) is 23.8 Å². The molecule has 0 unspecified atom stereocenters. The third-order valence-electron chi connectivity index (χ3n) is 3.85. The molecule has 0 fully saturated rings. The van der Waals surface area contributed by atoms with Gasteiger partial charge in [0.1, 0.15) is 12.4 Å². The Morgan fingerprint density at radius 3 is 2.68 bits per heavy atom. The van der Waals surface area contributed by atoms with E-state index in [4.69, 9.17) is 4.74 Å². The maximum absolute atomic E-state index is 13.2. The van der Waals surface area contributed by atoms with E-state index in [1.807, 2.05) is 0 Å². The lowest BCUT2D eigenvalue weighted by Crippen LogP contribution is -2.39. The first-order valence-electron chi connectivity index (χ1n) is 7.50. The molecule has 1 aliphatic rings. The molecule has 2 aromatic rings. The van der Waals surface area contributed by atoms with Crippen molar-refractivity contribution in [2.75, 3.05) is 12.9 Å². The van der Waals surface area contributed by atoms with Gasteiger partial charge in [-0.25, -0.2) is 8.42 Å². The Morgan fingerprint density at radius 2 is 2.08 bits per heavy atom. The summed E-state index contributed by atoms with van der Waals surface area (Å²) in [6, 6.07) is 4.54. The third kappa shape index (κ3) is 3.64. The summed E-state index contributed by atoms with van der Waals surface area (Å²) < 4.78 is 61.9. The highest BCUT2D eigenvalue weighted by molar-refractivity contribution is 7.88. The summed E-state index contributed by atoms with van der Waals surface area (Å²) in [5.74, 6) is -3.51. The highest BCUT2D eigenvalue weighted by atomic mass is 32.2. The molecule has 136 valence electrons. The van der Waals surface area contributed by atoms with Crippen LogP contribution >= 0.6 is 0 Å². The lowest BCUT2D eigenvalue weighted by molar-refractivity contribution is -0.0158. The molecule has 2 heterocycles. The average molecular weight is 373 g/mol. The van der Waals surface area contributed by atoms with Crippen LogP contribution in [-0.4, -0.2) is 41.8 Å². The van der Waals surface area contributed by atoms with E-state index >= 15 is 0 Å². The van der Waals surface area contributed by atoms with Crippen LogP contribution in [0.1, 0.15) is 25.3 Å². The number of hydrogen-bond acceptors (Lipinski definition) is 6. The number of hydrogen-bond donors (Lipinski definition) is 0. The fourth-order valence-electron chi connectivity index (χ4n) is 2.54. The molecule has 0 saturated carbocycles. The van der Waals surface area contributed by atoms with Crippen molar-refractivity contribution in [2.24, 2.45) is 0 Å². The number of nitrogens with zero attached hydrogens (tertiary/aromatic N) is 3. The zero-order chi connectivity index (χ0) is 18.4. The van der Waals surface area contributed by atoms with Gasteiger partial charge < -0.3 is 9.26 Å². The number of ether oxygens (including phenoxy) is 1. The maximum Gasteiger partial charge on any atom is 0.322 e. The van der Waals surface area contributed by atoms with Crippen LogP contribution in [0.2, 0.25) is 0 Å². The zero-order valence-corrected chi connectivity index (χ0v) is 14.7. The second kappa shape index (κ2) is 6.03. The summed E-state index contributed by atoms with van der Waals surface area (Å²) in [4.78, 5) is 3.70. The van der Waals surface area contributed by atoms with Gasteiger partial charge >= 0.3 is 5.92 Å². The predicted octanol–water partition coefficient (Wildman–Crippen LogP) is 2.39. The molecule has 0 spiro atoms. The van der Waals surface area contributed by atoms with Gasteiger partial charge in [0.25, 0.3) is 5.89 Å². The molecular weight excluding hydrogens is 356 g/mol. The van der Waals surface area contributed by atoms with Crippen molar-refractivity contribution in [3.63, 3.8) is 0 Å². The van der Waals surface area contributed by atoms with Crippen LogP contribution in [0, 0.1) is 0 Å². The summed E-state index contributed by atoms with van der Waals surface area (Å²) in [6.07, 6.45) is 1.15. The normalized spacial score (nSPS) is 19.2. The number of alkyl halides is 2. The van der Waals surface area contributed by atoms with Gasteiger partial charge in [0.15, 0.2) is 0 Å². The van der Waals surface area contributed by atoms with Crippen molar-refractivity contribution in [3.05, 3.63) is 29.7 Å². The summed E-state index contributed by atoms with van der Waals surface area (Å²) >= 11 is 0. The van der Waals surface area contributed by atoms with Crippen molar-refractivity contribution >= 4 is 10.0 Å². The molecule has 1 aromatic heterocycles. The maximum atomic E-state index is 13.2. The van der Waals surface area contributed by atoms with Gasteiger partial charge in [0.2, 0.25) is 15.8 Å². The first kappa shape index (κ1) is 17.7. The van der Waals surface area contributed by atoms with Crippen LogP contribution in [0.5, 0.6) is 5.75 Å². The lowest BCUT2D eigenvalue weighted by atomic mass is 10.1. The summed E-state index contributed by atoms with van der Waals surface area (Å²) in [6.45, 7) is 2.77. The largest absolute Gasteiger partial charge is 0.492 e. The monoisotopic (exact) mass is 373 g/mol. The van der Waals surface area contributed by atoms with Crippen molar-refractivity contribution in [2.45, 2.75) is 32.4 Å². The molecule has 1 atom stereocenters. The van der Waals surface area contributed by atoms with Crippen molar-refractivity contribution in [1.82, 2.24) is 14.4 Å². The molecule has 0 amide bonds. The Labute approximate surface area is 143 Å². The standard InChI is InChI=1S/C15H17F2N3O4S/c1-9-8-23-12-6-10(13-18-14(24-19-13)15(2,16)17)4-5-11(12)7-20(9)25(3,21)22/h4-6,9H,7-8H2,1-3H3/t9-/m0/s1. The third-order valence-corrected chi connectivity index (χ3v) is 5.19. The molecule has 1 aliphatic heterocycles. The molecule has 0 saturated heterocycles. The molecular formula is C15H17F2N3O4S. The topological polar surface area (TPSA) is 85.5 Å². The Morgan fingerprint density at radius 1 is 1.36 bits per heavy atom. The van der Waals surface area contributed by atoms with Gasteiger partial charge in [-0.3, -0.25) is 0 Å². The zero-order valence-electron chi connectivity index (χ0n) is 13.9. The Bertz CT molecular complexity index is 892. The number of benzene rings is 1. The van der Waals surface area contributed by atoms with Gasteiger partial charge in [0, 0.05) is 24.6 Å². The van der Waals surface area contributed by atoms with E-state index in [-0.39, 0.29) is 25.0 Å².